The van der Waals surface area contributed by atoms with Gasteiger partial charge in [0, 0.05) is 38.3 Å². The summed E-state index contributed by atoms with van der Waals surface area (Å²) in [5.41, 5.74) is 1.10. The molecule has 0 unspecified atom stereocenters. The molecule has 3 aromatic rings. The molecule has 1 fully saturated rings. The summed E-state index contributed by atoms with van der Waals surface area (Å²) in [5.74, 6) is 0.739. The number of benzene rings is 2. The van der Waals surface area contributed by atoms with Gasteiger partial charge in [-0.05, 0) is 35.9 Å². The van der Waals surface area contributed by atoms with E-state index in [0.29, 0.717) is 24.4 Å². The molecule has 0 amide bonds. The molecule has 1 saturated heterocycles. The minimum absolute atomic E-state index is 0.111. The lowest BCUT2D eigenvalue weighted by atomic mass is 10.1. The number of piperazine rings is 1. The van der Waals surface area contributed by atoms with E-state index >= 15 is 0 Å². The first-order valence-electron chi connectivity index (χ1n) is 10.0. The molecule has 4 rings (SSSR count). The standard InChI is InChI=1S/C23H23F3N4O/c1-31-19-9-7-18(8-10-19)20-15-21(23(24,25)26)28-22(27-20)30-13-11-29(12-14-30)16-17-5-3-2-4-6-17/h2-10,15H,11-14,16H2,1H3. The lowest BCUT2D eigenvalue weighted by Crippen LogP contribution is -2.46. The molecule has 0 N–H and O–H groups in total. The third-order valence-electron chi connectivity index (χ3n) is 5.29. The molecule has 1 aliphatic heterocycles. The fourth-order valence-electron chi connectivity index (χ4n) is 3.58. The summed E-state index contributed by atoms with van der Waals surface area (Å²) in [6, 6.07) is 17.9. The smallest absolute Gasteiger partial charge is 0.433 e. The largest absolute Gasteiger partial charge is 0.497 e. The molecule has 0 spiro atoms. The quantitative estimate of drug-likeness (QED) is 0.599. The van der Waals surface area contributed by atoms with Crippen LogP contribution in [0.3, 0.4) is 0 Å². The van der Waals surface area contributed by atoms with Crippen molar-refractivity contribution in [1.29, 1.82) is 0 Å². The van der Waals surface area contributed by atoms with Gasteiger partial charge in [0.1, 0.15) is 5.75 Å². The fourth-order valence-corrected chi connectivity index (χ4v) is 3.58. The van der Waals surface area contributed by atoms with Gasteiger partial charge in [-0.3, -0.25) is 4.90 Å². The Bertz CT molecular complexity index is 1000. The van der Waals surface area contributed by atoms with Gasteiger partial charge in [0.05, 0.1) is 12.8 Å². The van der Waals surface area contributed by atoms with Crippen molar-refractivity contribution < 1.29 is 17.9 Å². The number of alkyl halides is 3. The molecule has 5 nitrogen and oxygen atoms in total. The predicted molar refractivity (Wildman–Crippen MR) is 113 cm³/mol. The van der Waals surface area contributed by atoms with Gasteiger partial charge in [0.15, 0.2) is 5.69 Å². The Labute approximate surface area is 179 Å². The van der Waals surface area contributed by atoms with Crippen molar-refractivity contribution in [2.45, 2.75) is 12.7 Å². The van der Waals surface area contributed by atoms with Crippen LogP contribution < -0.4 is 9.64 Å². The zero-order valence-electron chi connectivity index (χ0n) is 17.1. The molecule has 0 aliphatic carbocycles. The highest BCUT2D eigenvalue weighted by molar-refractivity contribution is 5.62. The Kier molecular flexibility index (Phi) is 6.08. The van der Waals surface area contributed by atoms with Gasteiger partial charge in [-0.15, -0.1) is 0 Å². The highest BCUT2D eigenvalue weighted by Crippen LogP contribution is 2.32. The second-order valence-electron chi connectivity index (χ2n) is 7.41. The van der Waals surface area contributed by atoms with Crippen LogP contribution >= 0.6 is 0 Å². The van der Waals surface area contributed by atoms with Gasteiger partial charge in [0.25, 0.3) is 0 Å². The summed E-state index contributed by atoms with van der Waals surface area (Å²) in [6.07, 6.45) is -4.55. The van der Waals surface area contributed by atoms with Crippen LogP contribution in [-0.4, -0.2) is 48.2 Å². The molecule has 0 atom stereocenters. The number of anilines is 1. The number of hydrogen-bond acceptors (Lipinski definition) is 5. The van der Waals surface area contributed by atoms with Crippen LogP contribution in [0.1, 0.15) is 11.3 Å². The van der Waals surface area contributed by atoms with E-state index in [1.165, 1.54) is 12.7 Å². The van der Waals surface area contributed by atoms with Crippen molar-refractivity contribution in [2.75, 3.05) is 38.2 Å². The molecule has 0 bridgehead atoms. The molecular formula is C23H23F3N4O. The van der Waals surface area contributed by atoms with E-state index in [0.717, 1.165) is 25.7 Å². The topological polar surface area (TPSA) is 41.5 Å². The maximum atomic E-state index is 13.5. The van der Waals surface area contributed by atoms with E-state index in [4.69, 9.17) is 4.74 Å². The Morgan fingerprint density at radius 2 is 1.58 bits per heavy atom. The third kappa shape index (κ3) is 5.14. The van der Waals surface area contributed by atoms with Crippen LogP contribution in [0.2, 0.25) is 0 Å². The average Bonchev–Trinajstić information content (AvgIpc) is 2.79. The first-order chi connectivity index (χ1) is 14.9. The average molecular weight is 428 g/mol. The summed E-state index contributed by atoms with van der Waals surface area (Å²) in [5, 5.41) is 0. The molecule has 0 radical (unpaired) electrons. The van der Waals surface area contributed by atoms with Crippen molar-refractivity contribution in [3.8, 4) is 17.0 Å². The Morgan fingerprint density at radius 1 is 0.903 bits per heavy atom. The molecule has 1 aromatic heterocycles. The summed E-state index contributed by atoms with van der Waals surface area (Å²) in [4.78, 5) is 12.4. The van der Waals surface area contributed by atoms with Gasteiger partial charge in [0.2, 0.25) is 5.95 Å². The third-order valence-corrected chi connectivity index (χ3v) is 5.29. The van der Waals surface area contributed by atoms with E-state index < -0.39 is 11.9 Å². The van der Waals surface area contributed by atoms with Gasteiger partial charge in [-0.1, -0.05) is 30.3 Å². The SMILES string of the molecule is COc1ccc(-c2cc(C(F)(F)F)nc(N3CCN(Cc4ccccc4)CC3)n2)cc1. The Balaban J connectivity index is 1.54. The summed E-state index contributed by atoms with van der Waals surface area (Å²) < 4.78 is 45.7. The van der Waals surface area contributed by atoms with Gasteiger partial charge < -0.3 is 9.64 Å². The molecule has 2 heterocycles. The van der Waals surface area contributed by atoms with E-state index in [1.54, 1.807) is 24.3 Å². The van der Waals surface area contributed by atoms with Gasteiger partial charge in [-0.25, -0.2) is 9.97 Å². The molecular weight excluding hydrogens is 405 g/mol. The minimum atomic E-state index is -4.55. The van der Waals surface area contributed by atoms with Crippen molar-refractivity contribution in [1.82, 2.24) is 14.9 Å². The van der Waals surface area contributed by atoms with Crippen molar-refractivity contribution in [3.05, 3.63) is 71.9 Å². The van der Waals surface area contributed by atoms with Crippen LogP contribution in [0.4, 0.5) is 19.1 Å². The molecule has 8 heteroatoms. The number of rotatable bonds is 5. The number of nitrogens with zero attached hydrogens (tertiary/aromatic N) is 4. The van der Waals surface area contributed by atoms with Crippen LogP contribution in [0, 0.1) is 0 Å². The molecule has 162 valence electrons. The predicted octanol–water partition coefficient (Wildman–Crippen LogP) is 4.49. The normalized spacial score (nSPS) is 15.2. The number of methoxy groups -OCH3 is 1. The zero-order valence-corrected chi connectivity index (χ0v) is 17.1. The van der Waals surface area contributed by atoms with E-state index in [9.17, 15) is 13.2 Å². The molecule has 2 aromatic carbocycles. The number of ether oxygens (including phenoxy) is 1. The summed E-state index contributed by atoms with van der Waals surface area (Å²) >= 11 is 0. The lowest BCUT2D eigenvalue weighted by molar-refractivity contribution is -0.141. The molecule has 31 heavy (non-hydrogen) atoms. The second kappa shape index (κ2) is 8.93. The van der Waals surface area contributed by atoms with Crippen LogP contribution in [0.15, 0.2) is 60.7 Å². The molecule has 0 saturated carbocycles. The number of hydrogen-bond donors (Lipinski definition) is 0. The van der Waals surface area contributed by atoms with Gasteiger partial charge in [-0.2, -0.15) is 13.2 Å². The van der Waals surface area contributed by atoms with Crippen molar-refractivity contribution in [3.63, 3.8) is 0 Å². The summed E-state index contributed by atoms with van der Waals surface area (Å²) in [7, 11) is 1.54. The highest BCUT2D eigenvalue weighted by atomic mass is 19.4. The van der Waals surface area contributed by atoms with E-state index in [-0.39, 0.29) is 11.6 Å². The van der Waals surface area contributed by atoms with Crippen LogP contribution in [0.5, 0.6) is 5.75 Å². The Morgan fingerprint density at radius 3 is 2.19 bits per heavy atom. The molecule has 1 aliphatic rings. The first-order valence-corrected chi connectivity index (χ1v) is 10.0. The Hall–Kier alpha value is -3.13. The van der Waals surface area contributed by atoms with Crippen molar-refractivity contribution >= 4 is 5.95 Å². The fraction of sp³-hybridized carbons (Fsp3) is 0.304. The highest BCUT2D eigenvalue weighted by Gasteiger charge is 2.34. The van der Waals surface area contributed by atoms with Crippen molar-refractivity contribution in [2.24, 2.45) is 0 Å². The first kappa shape index (κ1) is 21.1. The lowest BCUT2D eigenvalue weighted by Gasteiger charge is -2.35. The van der Waals surface area contributed by atoms with E-state index in [2.05, 4.69) is 27.0 Å². The maximum Gasteiger partial charge on any atom is 0.433 e. The summed E-state index contributed by atoms with van der Waals surface area (Å²) in [6.45, 7) is 3.40. The maximum absolute atomic E-state index is 13.5. The minimum Gasteiger partial charge on any atom is -0.497 e. The second-order valence-corrected chi connectivity index (χ2v) is 7.41. The van der Waals surface area contributed by atoms with E-state index in [1.807, 2.05) is 23.1 Å². The van der Waals surface area contributed by atoms with Gasteiger partial charge >= 0.3 is 6.18 Å². The van der Waals surface area contributed by atoms with Crippen LogP contribution in [0.25, 0.3) is 11.3 Å². The zero-order chi connectivity index (χ0) is 21.8. The number of aromatic nitrogens is 2. The van der Waals surface area contributed by atoms with Crippen LogP contribution in [-0.2, 0) is 12.7 Å². The number of halogens is 3. The monoisotopic (exact) mass is 428 g/mol.